The molecule has 1 aliphatic rings. The van der Waals surface area contributed by atoms with Crippen molar-refractivity contribution in [2.24, 2.45) is 4.99 Å². The maximum atomic E-state index is 12.3. The number of carbonyl (C=O) groups is 2. The van der Waals surface area contributed by atoms with E-state index in [1.165, 1.54) is 0 Å². The van der Waals surface area contributed by atoms with Crippen molar-refractivity contribution in [3.63, 3.8) is 0 Å². The first-order valence-corrected chi connectivity index (χ1v) is 9.54. The van der Waals surface area contributed by atoms with Crippen LogP contribution in [0.5, 0.6) is 5.75 Å². The lowest BCUT2D eigenvalue weighted by Gasteiger charge is -2.07. The van der Waals surface area contributed by atoms with Crippen LogP contribution in [0.1, 0.15) is 27.0 Å². The number of hydrogen-bond donors (Lipinski definition) is 0. The zero-order chi connectivity index (χ0) is 21.1. The highest BCUT2D eigenvalue weighted by atomic mass is 35.5. The van der Waals surface area contributed by atoms with Crippen molar-refractivity contribution in [2.75, 3.05) is 0 Å². The molecule has 0 saturated heterocycles. The van der Waals surface area contributed by atoms with E-state index in [1.54, 1.807) is 42.5 Å². The lowest BCUT2D eigenvalue weighted by atomic mass is 10.1. The summed E-state index contributed by atoms with van der Waals surface area (Å²) in [4.78, 5) is 28.7. The van der Waals surface area contributed by atoms with Crippen LogP contribution in [0.4, 0.5) is 0 Å². The summed E-state index contributed by atoms with van der Waals surface area (Å²) in [6.45, 7) is 1.89. The highest BCUT2D eigenvalue weighted by molar-refractivity contribution is 6.32. The van der Waals surface area contributed by atoms with Crippen molar-refractivity contribution < 1.29 is 19.1 Å². The topological polar surface area (TPSA) is 65.0 Å². The van der Waals surface area contributed by atoms with Gasteiger partial charge in [-0.1, -0.05) is 53.6 Å². The van der Waals surface area contributed by atoms with Gasteiger partial charge in [0.2, 0.25) is 5.90 Å². The van der Waals surface area contributed by atoms with E-state index in [9.17, 15) is 9.59 Å². The fraction of sp³-hybridized carbons (Fsp3) is 0.0417. The van der Waals surface area contributed by atoms with Crippen molar-refractivity contribution in [1.29, 1.82) is 0 Å². The van der Waals surface area contributed by atoms with E-state index in [-0.39, 0.29) is 22.4 Å². The van der Waals surface area contributed by atoms with Crippen LogP contribution in [-0.2, 0) is 9.53 Å². The first-order chi connectivity index (χ1) is 14.5. The Morgan fingerprint density at radius 2 is 1.83 bits per heavy atom. The molecule has 0 unspecified atom stereocenters. The first-order valence-electron chi connectivity index (χ1n) is 9.16. The second-order valence-corrected chi connectivity index (χ2v) is 7.06. The average molecular weight is 418 g/mol. The molecule has 0 atom stereocenters. The quantitative estimate of drug-likeness (QED) is 0.332. The minimum absolute atomic E-state index is 0.162. The normalized spacial score (nSPS) is 14.4. The molecule has 0 N–H and O–H groups in total. The molecular weight excluding hydrogens is 402 g/mol. The molecule has 1 aliphatic heterocycles. The molecule has 148 valence electrons. The first kappa shape index (κ1) is 19.6. The van der Waals surface area contributed by atoms with Crippen LogP contribution < -0.4 is 4.74 Å². The van der Waals surface area contributed by atoms with Gasteiger partial charge in [-0.2, -0.15) is 0 Å². The van der Waals surface area contributed by atoms with Gasteiger partial charge in [0.05, 0.1) is 10.6 Å². The summed E-state index contributed by atoms with van der Waals surface area (Å²) in [7, 11) is 0. The number of carbonyl (C=O) groups excluding carboxylic acids is 2. The number of aryl methyl sites for hydroxylation is 1. The Balaban J connectivity index is 1.54. The highest BCUT2D eigenvalue weighted by Crippen LogP contribution is 2.28. The predicted octanol–water partition coefficient (Wildman–Crippen LogP) is 5.21. The van der Waals surface area contributed by atoms with E-state index in [0.29, 0.717) is 16.7 Å². The van der Waals surface area contributed by atoms with Crippen molar-refractivity contribution in [3.8, 4) is 5.75 Å². The number of ether oxygens (including phenoxy) is 2. The SMILES string of the molecule is Cc1cccc(C(=O)Oc2ccc(/C=C3/N=C(c4ccccc4)OC3=O)cc2Cl)c1. The Morgan fingerprint density at radius 1 is 1.03 bits per heavy atom. The molecule has 0 spiro atoms. The number of halogens is 1. The van der Waals surface area contributed by atoms with E-state index in [4.69, 9.17) is 21.1 Å². The van der Waals surface area contributed by atoms with Crippen LogP contribution in [0.25, 0.3) is 6.08 Å². The van der Waals surface area contributed by atoms with Gasteiger partial charge in [0.15, 0.2) is 5.70 Å². The maximum absolute atomic E-state index is 12.3. The Hall–Kier alpha value is -3.70. The maximum Gasteiger partial charge on any atom is 0.363 e. The summed E-state index contributed by atoms with van der Waals surface area (Å²) in [6.07, 6.45) is 1.57. The molecule has 0 aromatic heterocycles. The van der Waals surface area contributed by atoms with Gasteiger partial charge in [-0.05, 0) is 55.0 Å². The van der Waals surface area contributed by atoms with E-state index < -0.39 is 11.9 Å². The van der Waals surface area contributed by atoms with Gasteiger partial charge >= 0.3 is 11.9 Å². The van der Waals surface area contributed by atoms with Crippen molar-refractivity contribution in [2.45, 2.75) is 6.92 Å². The zero-order valence-corrected chi connectivity index (χ0v) is 16.7. The second-order valence-electron chi connectivity index (χ2n) is 6.65. The molecule has 6 heteroatoms. The van der Waals surface area contributed by atoms with E-state index >= 15 is 0 Å². The largest absolute Gasteiger partial charge is 0.421 e. The third-order valence-electron chi connectivity index (χ3n) is 4.36. The summed E-state index contributed by atoms with van der Waals surface area (Å²) in [5.74, 6) is -0.558. The molecule has 1 heterocycles. The van der Waals surface area contributed by atoms with Crippen LogP contribution in [0.2, 0.25) is 5.02 Å². The van der Waals surface area contributed by atoms with Crippen LogP contribution >= 0.6 is 11.6 Å². The fourth-order valence-corrected chi connectivity index (χ4v) is 3.12. The van der Waals surface area contributed by atoms with Crippen LogP contribution in [-0.4, -0.2) is 17.8 Å². The Labute approximate surface area is 178 Å². The summed E-state index contributed by atoms with van der Waals surface area (Å²) >= 11 is 6.28. The highest BCUT2D eigenvalue weighted by Gasteiger charge is 2.24. The molecule has 0 saturated carbocycles. The number of nitrogens with zero attached hydrogens (tertiary/aromatic N) is 1. The van der Waals surface area contributed by atoms with Gasteiger partial charge in [-0.15, -0.1) is 0 Å². The van der Waals surface area contributed by atoms with Gasteiger partial charge < -0.3 is 9.47 Å². The molecule has 4 rings (SSSR count). The molecule has 30 heavy (non-hydrogen) atoms. The summed E-state index contributed by atoms with van der Waals surface area (Å²) in [5, 5.41) is 0.240. The number of aliphatic imine (C=N–C) groups is 1. The van der Waals surface area contributed by atoms with Crippen molar-refractivity contribution in [3.05, 3.63) is 106 Å². The summed E-state index contributed by atoms with van der Waals surface area (Å²) in [5.41, 5.74) is 2.89. The number of benzene rings is 3. The second kappa shape index (κ2) is 8.35. The van der Waals surface area contributed by atoms with E-state index in [2.05, 4.69) is 4.99 Å². The van der Waals surface area contributed by atoms with Gasteiger partial charge in [0.1, 0.15) is 5.75 Å². The summed E-state index contributed by atoms with van der Waals surface area (Å²) in [6, 6.07) is 21.1. The number of rotatable bonds is 4. The molecule has 0 fully saturated rings. The monoisotopic (exact) mass is 417 g/mol. The van der Waals surface area contributed by atoms with Crippen LogP contribution in [0.3, 0.4) is 0 Å². The summed E-state index contributed by atoms with van der Waals surface area (Å²) < 4.78 is 10.6. The lowest BCUT2D eigenvalue weighted by Crippen LogP contribution is -2.08. The smallest absolute Gasteiger partial charge is 0.363 e. The van der Waals surface area contributed by atoms with Crippen LogP contribution in [0, 0.1) is 6.92 Å². The van der Waals surface area contributed by atoms with Gasteiger partial charge in [-0.3, -0.25) is 0 Å². The van der Waals surface area contributed by atoms with Crippen LogP contribution in [0.15, 0.2) is 83.5 Å². The third-order valence-corrected chi connectivity index (χ3v) is 4.65. The molecule has 0 bridgehead atoms. The fourth-order valence-electron chi connectivity index (χ4n) is 2.89. The number of esters is 2. The molecule has 0 radical (unpaired) electrons. The standard InChI is InChI=1S/C24H16ClNO4/c1-15-6-5-9-18(12-15)23(27)29-21-11-10-16(13-19(21)25)14-20-24(28)30-22(26-20)17-7-3-2-4-8-17/h2-14H,1H3/b20-14+. The van der Waals surface area contributed by atoms with Gasteiger partial charge in [-0.25, -0.2) is 14.6 Å². The lowest BCUT2D eigenvalue weighted by molar-refractivity contribution is -0.129. The third kappa shape index (κ3) is 4.31. The average Bonchev–Trinajstić information content (AvgIpc) is 3.11. The molecule has 5 nitrogen and oxygen atoms in total. The molecule has 0 aliphatic carbocycles. The Kier molecular flexibility index (Phi) is 5.46. The zero-order valence-electron chi connectivity index (χ0n) is 16.0. The molecule has 0 amide bonds. The minimum atomic E-state index is -0.542. The predicted molar refractivity (Wildman–Crippen MR) is 115 cm³/mol. The minimum Gasteiger partial charge on any atom is -0.421 e. The number of cyclic esters (lactones) is 1. The van der Waals surface area contributed by atoms with Crippen molar-refractivity contribution >= 4 is 35.5 Å². The molecule has 3 aromatic carbocycles. The Bertz CT molecular complexity index is 1200. The Morgan fingerprint density at radius 3 is 2.57 bits per heavy atom. The molecular formula is C24H16ClNO4. The van der Waals surface area contributed by atoms with Gasteiger partial charge in [0.25, 0.3) is 0 Å². The van der Waals surface area contributed by atoms with Crippen molar-refractivity contribution in [1.82, 2.24) is 0 Å². The van der Waals surface area contributed by atoms with Gasteiger partial charge in [0, 0.05) is 5.56 Å². The molecule has 3 aromatic rings. The number of hydrogen-bond acceptors (Lipinski definition) is 5. The van der Waals surface area contributed by atoms with E-state index in [1.807, 2.05) is 43.3 Å². The van der Waals surface area contributed by atoms with E-state index in [0.717, 1.165) is 5.56 Å².